The Bertz CT molecular complexity index is 572. The van der Waals surface area contributed by atoms with Crippen LogP contribution in [0.1, 0.15) is 5.56 Å². The molecule has 2 aromatic heterocycles. The Hall–Kier alpha value is -0.860. The zero-order valence-electron chi connectivity index (χ0n) is 7.20. The van der Waals surface area contributed by atoms with Crippen molar-refractivity contribution in [1.29, 1.82) is 0 Å². The molecule has 0 radical (unpaired) electrons. The van der Waals surface area contributed by atoms with E-state index in [1.54, 1.807) is 0 Å². The molecule has 0 amide bonds. The number of benzene rings is 1. The predicted molar refractivity (Wildman–Crippen MR) is 61.9 cm³/mol. The van der Waals surface area contributed by atoms with Crippen LogP contribution >= 0.6 is 22.7 Å². The van der Waals surface area contributed by atoms with Crippen molar-refractivity contribution in [3.8, 4) is 0 Å². The summed E-state index contributed by atoms with van der Waals surface area (Å²) in [5.74, 6) is 0. The fourth-order valence-electron chi connectivity index (χ4n) is 1.61. The van der Waals surface area contributed by atoms with Gasteiger partial charge in [-0.1, -0.05) is 0 Å². The van der Waals surface area contributed by atoms with Gasteiger partial charge < -0.3 is 0 Å². The number of thiophene rings is 2. The Balaban J connectivity index is 2.59. The van der Waals surface area contributed by atoms with E-state index in [1.807, 2.05) is 22.7 Å². The lowest BCUT2D eigenvalue weighted by Crippen LogP contribution is -1.67. The van der Waals surface area contributed by atoms with Crippen molar-refractivity contribution >= 4 is 42.8 Å². The van der Waals surface area contributed by atoms with Gasteiger partial charge in [0.25, 0.3) is 0 Å². The molecule has 0 spiro atoms. The monoisotopic (exact) mass is 204 g/mol. The highest BCUT2D eigenvalue weighted by Gasteiger charge is 2.02. The lowest BCUT2D eigenvalue weighted by atomic mass is 10.1. The van der Waals surface area contributed by atoms with Gasteiger partial charge in [-0.3, -0.25) is 0 Å². The molecule has 2 heteroatoms. The first-order valence-corrected chi connectivity index (χ1v) is 5.95. The molecule has 0 fully saturated rings. The molecule has 0 bridgehead atoms. The van der Waals surface area contributed by atoms with Gasteiger partial charge in [-0.2, -0.15) is 0 Å². The zero-order valence-corrected chi connectivity index (χ0v) is 8.84. The summed E-state index contributed by atoms with van der Waals surface area (Å²) in [6.45, 7) is 2.18. The predicted octanol–water partition coefficient (Wildman–Crippen LogP) is 4.42. The summed E-state index contributed by atoms with van der Waals surface area (Å²) in [5.41, 5.74) is 1.40. The first-order valence-electron chi connectivity index (χ1n) is 4.20. The van der Waals surface area contributed by atoms with Crippen molar-refractivity contribution in [2.75, 3.05) is 0 Å². The van der Waals surface area contributed by atoms with Gasteiger partial charge >= 0.3 is 0 Å². The minimum absolute atomic E-state index is 1.37. The average molecular weight is 204 g/mol. The second-order valence-corrected chi connectivity index (χ2v) is 5.08. The molecule has 2 heterocycles. The number of hydrogen-bond donors (Lipinski definition) is 0. The molecular formula is C11H8S2. The minimum atomic E-state index is 1.37. The molecule has 1 aromatic carbocycles. The Kier molecular flexibility index (Phi) is 1.49. The number of fused-ring (bicyclic) bond motifs is 2. The number of aryl methyl sites for hydroxylation is 1. The summed E-state index contributed by atoms with van der Waals surface area (Å²) in [5, 5.41) is 7.17. The fourth-order valence-corrected chi connectivity index (χ4v) is 3.46. The number of rotatable bonds is 0. The summed E-state index contributed by atoms with van der Waals surface area (Å²) in [4.78, 5) is 0. The van der Waals surface area contributed by atoms with E-state index in [4.69, 9.17) is 0 Å². The summed E-state index contributed by atoms with van der Waals surface area (Å²) >= 11 is 3.66. The summed E-state index contributed by atoms with van der Waals surface area (Å²) < 4.78 is 2.81. The minimum Gasteiger partial charge on any atom is -0.144 e. The van der Waals surface area contributed by atoms with Crippen LogP contribution in [0.25, 0.3) is 20.2 Å². The molecule has 64 valence electrons. The van der Waals surface area contributed by atoms with Crippen LogP contribution < -0.4 is 0 Å². The van der Waals surface area contributed by atoms with E-state index in [0.717, 1.165) is 0 Å². The van der Waals surface area contributed by atoms with E-state index in [2.05, 4.69) is 35.9 Å². The highest BCUT2D eigenvalue weighted by Crippen LogP contribution is 2.32. The van der Waals surface area contributed by atoms with Crippen LogP contribution in [0, 0.1) is 6.92 Å². The molecule has 0 aliphatic carbocycles. The molecule has 0 nitrogen and oxygen atoms in total. The molecule has 3 rings (SSSR count). The van der Waals surface area contributed by atoms with Crippen molar-refractivity contribution in [1.82, 2.24) is 0 Å². The Morgan fingerprint density at radius 1 is 1.08 bits per heavy atom. The Morgan fingerprint density at radius 3 is 2.92 bits per heavy atom. The first kappa shape index (κ1) is 7.54. The first-order chi connectivity index (χ1) is 6.34. The van der Waals surface area contributed by atoms with Crippen LogP contribution in [-0.2, 0) is 0 Å². The van der Waals surface area contributed by atoms with Gasteiger partial charge in [0.15, 0.2) is 0 Å². The van der Waals surface area contributed by atoms with Crippen LogP contribution in [0.15, 0.2) is 29.0 Å². The smallest absolute Gasteiger partial charge is 0.0359 e. The molecule has 13 heavy (non-hydrogen) atoms. The highest BCUT2D eigenvalue weighted by molar-refractivity contribution is 7.19. The molecule has 0 saturated carbocycles. The highest BCUT2D eigenvalue weighted by atomic mass is 32.1. The van der Waals surface area contributed by atoms with E-state index in [-0.39, 0.29) is 0 Å². The van der Waals surface area contributed by atoms with Gasteiger partial charge in [0, 0.05) is 9.40 Å². The third-order valence-corrected chi connectivity index (χ3v) is 4.28. The molecular weight excluding hydrogens is 196 g/mol. The molecule has 0 atom stereocenters. The molecule has 3 aromatic rings. The van der Waals surface area contributed by atoms with Gasteiger partial charge in [-0.15, -0.1) is 22.7 Å². The Morgan fingerprint density at radius 2 is 2.00 bits per heavy atom. The lowest BCUT2D eigenvalue weighted by Gasteiger charge is -1.92. The van der Waals surface area contributed by atoms with Crippen LogP contribution in [0.3, 0.4) is 0 Å². The SMILES string of the molecule is Cc1csc2cc3sccc3cc12. The zero-order chi connectivity index (χ0) is 8.84. The third kappa shape index (κ3) is 1.02. The van der Waals surface area contributed by atoms with Crippen molar-refractivity contribution in [2.45, 2.75) is 6.92 Å². The lowest BCUT2D eigenvalue weighted by molar-refractivity contribution is 1.61. The summed E-state index contributed by atoms with van der Waals surface area (Å²) in [6.07, 6.45) is 0. The van der Waals surface area contributed by atoms with Crippen LogP contribution in [0.4, 0.5) is 0 Å². The standard InChI is InChI=1S/C11H8S2/c1-7-6-13-11-5-10-8(2-3-12-10)4-9(7)11/h2-6H,1H3. The van der Waals surface area contributed by atoms with Crippen molar-refractivity contribution < 1.29 is 0 Å². The molecule has 0 unspecified atom stereocenters. The topological polar surface area (TPSA) is 0 Å². The Labute approximate surface area is 84.4 Å². The average Bonchev–Trinajstić information content (AvgIpc) is 2.70. The second-order valence-electron chi connectivity index (χ2n) is 3.23. The van der Waals surface area contributed by atoms with Crippen LogP contribution in [0.5, 0.6) is 0 Å². The summed E-state index contributed by atoms with van der Waals surface area (Å²) in [6, 6.07) is 6.79. The fraction of sp³-hybridized carbons (Fsp3) is 0.0909. The van der Waals surface area contributed by atoms with E-state index in [1.165, 1.54) is 25.7 Å². The quantitative estimate of drug-likeness (QED) is 0.508. The maximum absolute atomic E-state index is 2.30. The molecule has 0 N–H and O–H groups in total. The van der Waals surface area contributed by atoms with Crippen LogP contribution in [0.2, 0.25) is 0 Å². The van der Waals surface area contributed by atoms with Gasteiger partial charge in [0.1, 0.15) is 0 Å². The third-order valence-electron chi connectivity index (χ3n) is 2.34. The van der Waals surface area contributed by atoms with Gasteiger partial charge in [-0.05, 0) is 52.2 Å². The number of hydrogen-bond acceptors (Lipinski definition) is 2. The van der Waals surface area contributed by atoms with Gasteiger partial charge in [0.2, 0.25) is 0 Å². The maximum Gasteiger partial charge on any atom is 0.0359 e. The van der Waals surface area contributed by atoms with Crippen LogP contribution in [-0.4, -0.2) is 0 Å². The van der Waals surface area contributed by atoms with E-state index < -0.39 is 0 Å². The molecule has 0 aliphatic heterocycles. The van der Waals surface area contributed by atoms with Gasteiger partial charge in [0.05, 0.1) is 0 Å². The van der Waals surface area contributed by atoms with E-state index in [0.29, 0.717) is 0 Å². The van der Waals surface area contributed by atoms with Gasteiger partial charge in [-0.25, -0.2) is 0 Å². The normalized spacial score (nSPS) is 11.5. The van der Waals surface area contributed by atoms with Crippen molar-refractivity contribution in [3.05, 3.63) is 34.5 Å². The second kappa shape index (κ2) is 2.56. The van der Waals surface area contributed by atoms with Crippen molar-refractivity contribution in [3.63, 3.8) is 0 Å². The van der Waals surface area contributed by atoms with E-state index >= 15 is 0 Å². The molecule has 0 saturated heterocycles. The van der Waals surface area contributed by atoms with E-state index in [9.17, 15) is 0 Å². The summed E-state index contributed by atoms with van der Waals surface area (Å²) in [7, 11) is 0. The maximum atomic E-state index is 2.30. The molecule has 0 aliphatic rings. The largest absolute Gasteiger partial charge is 0.144 e. The van der Waals surface area contributed by atoms with Crippen molar-refractivity contribution in [2.24, 2.45) is 0 Å².